The van der Waals surface area contributed by atoms with Crippen molar-refractivity contribution in [2.75, 3.05) is 17.0 Å². The van der Waals surface area contributed by atoms with E-state index in [4.69, 9.17) is 9.47 Å². The molecule has 6 nitrogen and oxygen atoms in total. The summed E-state index contributed by atoms with van der Waals surface area (Å²) in [6.07, 6.45) is 1.71. The summed E-state index contributed by atoms with van der Waals surface area (Å²) in [5, 5.41) is 3.33. The van der Waals surface area contributed by atoms with E-state index in [1.807, 2.05) is 36.4 Å². The summed E-state index contributed by atoms with van der Waals surface area (Å²) >= 11 is 0. The van der Waals surface area contributed by atoms with Gasteiger partial charge in [-0.1, -0.05) is 18.2 Å². The van der Waals surface area contributed by atoms with Crippen LogP contribution in [0.2, 0.25) is 0 Å². The van der Waals surface area contributed by atoms with Crippen LogP contribution in [0.25, 0.3) is 0 Å². The number of ether oxygens (including phenoxy) is 2. The molecule has 3 heterocycles. The Hall–Kier alpha value is -3.54. The van der Waals surface area contributed by atoms with Gasteiger partial charge in [0.25, 0.3) is 5.91 Å². The number of nitrogens with zero attached hydrogens (tertiary/aromatic N) is 2. The van der Waals surface area contributed by atoms with E-state index < -0.39 is 0 Å². The molecule has 2 aromatic carbocycles. The van der Waals surface area contributed by atoms with E-state index in [-0.39, 0.29) is 12.7 Å². The second kappa shape index (κ2) is 5.77. The standard InChI is InChI=1S/C20H15N3O3/c24-20(13-7-8-17-18(10-13)26-12-25-17)23-11-14-4-1-2-5-15(14)22-19-16(23)6-3-9-21-19/h1-10H,11-12H2,(H,21,22). The summed E-state index contributed by atoms with van der Waals surface area (Å²) in [5.74, 6) is 1.80. The molecule has 0 aliphatic carbocycles. The van der Waals surface area contributed by atoms with E-state index in [0.29, 0.717) is 29.4 Å². The minimum atomic E-state index is -0.115. The molecule has 0 unspecified atom stereocenters. The van der Waals surface area contributed by atoms with Crippen LogP contribution in [-0.2, 0) is 6.54 Å². The van der Waals surface area contributed by atoms with Gasteiger partial charge in [-0.25, -0.2) is 4.98 Å². The summed E-state index contributed by atoms with van der Waals surface area (Å²) in [6.45, 7) is 0.635. The molecule has 0 atom stereocenters. The second-order valence-electron chi connectivity index (χ2n) is 6.11. The fourth-order valence-electron chi connectivity index (χ4n) is 3.24. The van der Waals surface area contributed by atoms with Crippen LogP contribution < -0.4 is 19.7 Å². The summed E-state index contributed by atoms with van der Waals surface area (Å²) in [7, 11) is 0. The first-order valence-corrected chi connectivity index (χ1v) is 8.31. The third kappa shape index (κ3) is 2.35. The Morgan fingerprint density at radius 1 is 1.04 bits per heavy atom. The van der Waals surface area contributed by atoms with Gasteiger partial charge in [-0.15, -0.1) is 0 Å². The summed E-state index contributed by atoms with van der Waals surface area (Å²) in [4.78, 5) is 19.4. The number of carbonyl (C=O) groups is 1. The van der Waals surface area contributed by atoms with E-state index in [0.717, 1.165) is 16.9 Å². The number of para-hydroxylation sites is 1. The van der Waals surface area contributed by atoms with E-state index in [1.54, 1.807) is 29.3 Å². The van der Waals surface area contributed by atoms with E-state index in [2.05, 4.69) is 10.3 Å². The number of aromatic nitrogens is 1. The van der Waals surface area contributed by atoms with Gasteiger partial charge >= 0.3 is 0 Å². The van der Waals surface area contributed by atoms with Gasteiger partial charge in [0.1, 0.15) is 0 Å². The van der Waals surface area contributed by atoms with Crippen molar-refractivity contribution in [3.8, 4) is 11.5 Å². The van der Waals surface area contributed by atoms with Crippen LogP contribution in [0.3, 0.4) is 0 Å². The van der Waals surface area contributed by atoms with E-state index >= 15 is 0 Å². The first-order valence-electron chi connectivity index (χ1n) is 8.31. The topological polar surface area (TPSA) is 63.7 Å². The van der Waals surface area contributed by atoms with Crippen molar-refractivity contribution in [3.63, 3.8) is 0 Å². The lowest BCUT2D eigenvalue weighted by atomic mass is 10.1. The smallest absolute Gasteiger partial charge is 0.258 e. The Labute approximate surface area is 150 Å². The molecule has 0 saturated heterocycles. The Morgan fingerprint density at radius 3 is 2.88 bits per heavy atom. The largest absolute Gasteiger partial charge is 0.454 e. The molecular formula is C20H15N3O3. The molecule has 1 amide bonds. The average Bonchev–Trinajstić information content (AvgIpc) is 3.08. The molecule has 0 spiro atoms. The number of anilines is 3. The summed E-state index contributed by atoms with van der Waals surface area (Å²) in [6, 6.07) is 16.9. The molecular weight excluding hydrogens is 330 g/mol. The van der Waals surface area contributed by atoms with Crippen LogP contribution >= 0.6 is 0 Å². The van der Waals surface area contributed by atoms with Crippen LogP contribution in [0.1, 0.15) is 15.9 Å². The van der Waals surface area contributed by atoms with Crippen molar-refractivity contribution in [2.45, 2.75) is 6.54 Å². The van der Waals surface area contributed by atoms with Gasteiger partial charge in [-0.2, -0.15) is 0 Å². The molecule has 0 bridgehead atoms. The molecule has 6 heteroatoms. The first kappa shape index (κ1) is 14.8. The Balaban J connectivity index is 1.60. The average molecular weight is 345 g/mol. The summed E-state index contributed by atoms with van der Waals surface area (Å²) < 4.78 is 10.7. The maximum atomic E-state index is 13.3. The van der Waals surface area contributed by atoms with Crippen molar-refractivity contribution in [2.24, 2.45) is 0 Å². The number of pyridine rings is 1. The van der Waals surface area contributed by atoms with Gasteiger partial charge in [0.2, 0.25) is 6.79 Å². The number of rotatable bonds is 1. The van der Waals surface area contributed by atoms with Crippen molar-refractivity contribution >= 4 is 23.1 Å². The fourth-order valence-corrected chi connectivity index (χ4v) is 3.24. The lowest BCUT2D eigenvalue weighted by molar-refractivity contribution is 0.0985. The van der Waals surface area contributed by atoms with Crippen LogP contribution in [0.15, 0.2) is 60.8 Å². The SMILES string of the molecule is O=C(c1ccc2c(c1)OCO2)N1Cc2ccccc2Nc2ncccc21. The van der Waals surface area contributed by atoms with Gasteiger partial charge in [0.05, 0.1) is 12.2 Å². The molecule has 3 aromatic rings. The minimum Gasteiger partial charge on any atom is -0.454 e. The highest BCUT2D eigenvalue weighted by Crippen LogP contribution is 2.37. The van der Waals surface area contributed by atoms with Crippen LogP contribution in [0.5, 0.6) is 11.5 Å². The lowest BCUT2D eigenvalue weighted by Crippen LogP contribution is -2.30. The zero-order chi connectivity index (χ0) is 17.5. The van der Waals surface area contributed by atoms with Crippen LogP contribution in [-0.4, -0.2) is 17.7 Å². The quantitative estimate of drug-likeness (QED) is 0.728. The number of benzene rings is 2. The number of nitrogens with one attached hydrogen (secondary N) is 1. The number of carbonyl (C=O) groups excluding carboxylic acids is 1. The predicted octanol–water partition coefficient (Wildman–Crippen LogP) is 3.71. The van der Waals surface area contributed by atoms with Gasteiger partial charge in [-0.3, -0.25) is 4.79 Å². The zero-order valence-electron chi connectivity index (χ0n) is 13.8. The molecule has 2 aliphatic rings. The molecule has 128 valence electrons. The highest BCUT2D eigenvalue weighted by atomic mass is 16.7. The molecule has 0 fully saturated rings. The number of hydrogen-bond acceptors (Lipinski definition) is 5. The molecule has 0 radical (unpaired) electrons. The normalized spacial score (nSPS) is 14.1. The number of fused-ring (bicyclic) bond motifs is 3. The van der Waals surface area contributed by atoms with Gasteiger partial charge in [0, 0.05) is 17.4 Å². The first-order chi connectivity index (χ1) is 12.8. The third-order valence-corrected chi connectivity index (χ3v) is 4.54. The lowest BCUT2D eigenvalue weighted by Gasteiger charge is -2.22. The maximum Gasteiger partial charge on any atom is 0.258 e. The van der Waals surface area contributed by atoms with Crippen molar-refractivity contribution in [3.05, 3.63) is 71.9 Å². The highest BCUT2D eigenvalue weighted by Gasteiger charge is 2.26. The predicted molar refractivity (Wildman–Crippen MR) is 97.0 cm³/mol. The van der Waals surface area contributed by atoms with Gasteiger partial charge < -0.3 is 19.7 Å². The maximum absolute atomic E-state index is 13.3. The van der Waals surface area contributed by atoms with E-state index in [1.165, 1.54) is 0 Å². The third-order valence-electron chi connectivity index (χ3n) is 4.54. The van der Waals surface area contributed by atoms with Crippen molar-refractivity contribution < 1.29 is 14.3 Å². The number of amides is 1. The van der Waals surface area contributed by atoms with Gasteiger partial charge in [0.15, 0.2) is 17.3 Å². The van der Waals surface area contributed by atoms with Crippen molar-refractivity contribution in [1.82, 2.24) is 4.98 Å². The highest BCUT2D eigenvalue weighted by molar-refractivity contribution is 6.08. The molecule has 5 rings (SSSR count). The number of hydrogen-bond donors (Lipinski definition) is 1. The zero-order valence-corrected chi connectivity index (χ0v) is 13.8. The minimum absolute atomic E-state index is 0.115. The van der Waals surface area contributed by atoms with Crippen LogP contribution in [0, 0.1) is 0 Å². The summed E-state index contributed by atoms with van der Waals surface area (Å²) in [5.41, 5.74) is 3.27. The molecule has 2 aliphatic heterocycles. The molecule has 1 aromatic heterocycles. The molecule has 26 heavy (non-hydrogen) atoms. The van der Waals surface area contributed by atoms with Crippen LogP contribution in [0.4, 0.5) is 17.2 Å². The Morgan fingerprint density at radius 2 is 1.92 bits per heavy atom. The monoisotopic (exact) mass is 345 g/mol. The Kier molecular flexibility index (Phi) is 3.28. The fraction of sp³-hybridized carbons (Fsp3) is 0.100. The van der Waals surface area contributed by atoms with Crippen molar-refractivity contribution in [1.29, 1.82) is 0 Å². The second-order valence-corrected chi connectivity index (χ2v) is 6.11. The molecule has 0 saturated carbocycles. The molecule has 1 N–H and O–H groups in total. The van der Waals surface area contributed by atoms with Gasteiger partial charge in [-0.05, 0) is 42.0 Å². The van der Waals surface area contributed by atoms with E-state index in [9.17, 15) is 4.79 Å². The Bertz CT molecular complexity index is 1020.